The predicted octanol–water partition coefficient (Wildman–Crippen LogP) is 6.97. The van der Waals surface area contributed by atoms with Gasteiger partial charge in [-0.15, -0.1) is 0 Å². The highest BCUT2D eigenvalue weighted by Gasteiger charge is 2.68. The third-order valence-corrected chi connectivity index (χ3v) is 11.2. The molecule has 0 unspecified atom stereocenters. The van der Waals surface area contributed by atoms with Crippen molar-refractivity contribution < 1.29 is 9.53 Å². The lowest BCUT2D eigenvalue weighted by Crippen LogP contribution is -2.60. The number of fused-ring (bicyclic) bond motifs is 5. The Kier molecular flexibility index (Phi) is 4.97. The van der Waals surface area contributed by atoms with E-state index in [9.17, 15) is 4.79 Å². The molecule has 0 saturated heterocycles. The SMILES string of the molecule is CCOC(=O)[C@]1(C)CCC[C@@]2(C)[C@@H]3CC[C@@]4(C)C[C@]3(CC[C@@H]21)c1cnn(-c2cc(C)ccc2C)c14. The topological polar surface area (TPSA) is 44.1 Å². The fourth-order valence-electron chi connectivity index (χ4n) is 9.83. The van der Waals surface area contributed by atoms with Gasteiger partial charge in [-0.1, -0.05) is 32.4 Å². The van der Waals surface area contributed by atoms with Crippen LogP contribution in [0, 0.1) is 36.5 Å². The molecule has 6 atom stereocenters. The molecule has 188 valence electrons. The largest absolute Gasteiger partial charge is 0.466 e. The van der Waals surface area contributed by atoms with E-state index < -0.39 is 0 Å². The first-order valence-corrected chi connectivity index (χ1v) is 13.9. The lowest BCUT2D eigenvalue weighted by Gasteiger charge is -2.64. The Morgan fingerprint density at radius 3 is 2.63 bits per heavy atom. The van der Waals surface area contributed by atoms with Crippen molar-refractivity contribution in [3.63, 3.8) is 0 Å². The van der Waals surface area contributed by atoms with Crippen LogP contribution in [0.15, 0.2) is 24.4 Å². The molecule has 4 heteroatoms. The molecule has 4 aliphatic rings. The number of rotatable bonds is 3. The molecule has 6 rings (SSSR count). The second-order valence-electron chi connectivity index (χ2n) is 13.2. The zero-order valence-electron chi connectivity index (χ0n) is 22.5. The molecule has 1 spiro atoms. The third-order valence-electron chi connectivity index (χ3n) is 11.2. The number of ether oxygens (including phenoxy) is 1. The highest BCUT2D eigenvalue weighted by atomic mass is 16.5. The number of hydrogen-bond acceptors (Lipinski definition) is 3. The fourth-order valence-corrected chi connectivity index (χ4v) is 9.83. The summed E-state index contributed by atoms with van der Waals surface area (Å²) in [5, 5.41) is 5.07. The van der Waals surface area contributed by atoms with Crippen molar-refractivity contribution in [2.75, 3.05) is 6.61 Å². The van der Waals surface area contributed by atoms with Crippen LogP contribution in [0.1, 0.15) is 101 Å². The molecule has 4 nitrogen and oxygen atoms in total. The molecule has 3 saturated carbocycles. The first-order valence-electron chi connectivity index (χ1n) is 13.9. The lowest BCUT2D eigenvalue weighted by atomic mass is 9.40. The van der Waals surface area contributed by atoms with Crippen LogP contribution in [0.25, 0.3) is 5.69 Å². The molecule has 2 bridgehead atoms. The molecule has 0 radical (unpaired) electrons. The molecule has 35 heavy (non-hydrogen) atoms. The second-order valence-corrected chi connectivity index (χ2v) is 13.2. The highest BCUT2D eigenvalue weighted by Crippen LogP contribution is 2.73. The maximum atomic E-state index is 13.3. The van der Waals surface area contributed by atoms with Gasteiger partial charge >= 0.3 is 5.97 Å². The van der Waals surface area contributed by atoms with E-state index in [0.717, 1.165) is 19.3 Å². The Bertz CT molecular complexity index is 1200. The van der Waals surface area contributed by atoms with Crippen molar-refractivity contribution in [1.82, 2.24) is 9.78 Å². The number of hydrogen-bond donors (Lipinski definition) is 0. The molecular weight excluding hydrogens is 432 g/mol. The van der Waals surface area contributed by atoms with Gasteiger partial charge in [0.25, 0.3) is 0 Å². The van der Waals surface area contributed by atoms with Crippen LogP contribution in [0.2, 0.25) is 0 Å². The van der Waals surface area contributed by atoms with Crippen molar-refractivity contribution in [2.45, 2.75) is 104 Å². The predicted molar refractivity (Wildman–Crippen MR) is 139 cm³/mol. The van der Waals surface area contributed by atoms with Crippen LogP contribution in [0.4, 0.5) is 0 Å². The maximum absolute atomic E-state index is 13.3. The smallest absolute Gasteiger partial charge is 0.312 e. The number of aryl methyl sites for hydroxylation is 2. The van der Waals surface area contributed by atoms with Gasteiger partial charge in [-0.05, 0) is 107 Å². The zero-order valence-corrected chi connectivity index (χ0v) is 22.5. The summed E-state index contributed by atoms with van der Waals surface area (Å²) >= 11 is 0. The van der Waals surface area contributed by atoms with Gasteiger partial charge in [-0.25, -0.2) is 4.68 Å². The summed E-state index contributed by atoms with van der Waals surface area (Å²) in [5.74, 6) is 1.05. The van der Waals surface area contributed by atoms with E-state index in [1.54, 1.807) is 0 Å². The summed E-state index contributed by atoms with van der Waals surface area (Å²) in [6.45, 7) is 14.1. The highest BCUT2D eigenvalue weighted by molar-refractivity contribution is 5.77. The Morgan fingerprint density at radius 2 is 1.86 bits per heavy atom. The van der Waals surface area contributed by atoms with Gasteiger partial charge in [0.2, 0.25) is 0 Å². The Morgan fingerprint density at radius 1 is 1.09 bits per heavy atom. The molecule has 1 heterocycles. The van der Waals surface area contributed by atoms with Crippen molar-refractivity contribution in [3.05, 3.63) is 46.8 Å². The molecule has 0 amide bonds. The van der Waals surface area contributed by atoms with E-state index in [1.807, 2.05) is 6.92 Å². The van der Waals surface area contributed by atoms with Gasteiger partial charge in [-0.3, -0.25) is 4.79 Å². The minimum absolute atomic E-state index is 0.0439. The summed E-state index contributed by atoms with van der Waals surface area (Å²) in [5.41, 5.74) is 6.97. The average molecular weight is 475 g/mol. The molecule has 0 N–H and O–H groups in total. The van der Waals surface area contributed by atoms with Crippen LogP contribution in [0.5, 0.6) is 0 Å². The van der Waals surface area contributed by atoms with Crippen molar-refractivity contribution in [2.24, 2.45) is 22.7 Å². The Hall–Kier alpha value is -2.10. The van der Waals surface area contributed by atoms with E-state index in [-0.39, 0.29) is 27.6 Å². The molecule has 1 aromatic carbocycles. The molecule has 2 aromatic rings. The third kappa shape index (κ3) is 2.92. The molecule has 4 aliphatic carbocycles. The van der Waals surface area contributed by atoms with Crippen LogP contribution in [-0.2, 0) is 20.4 Å². The minimum Gasteiger partial charge on any atom is -0.466 e. The van der Waals surface area contributed by atoms with Gasteiger partial charge < -0.3 is 4.74 Å². The van der Waals surface area contributed by atoms with Gasteiger partial charge in [-0.2, -0.15) is 5.10 Å². The lowest BCUT2D eigenvalue weighted by molar-refractivity contribution is -0.180. The van der Waals surface area contributed by atoms with Crippen molar-refractivity contribution in [3.8, 4) is 5.69 Å². The number of nitrogens with zero attached hydrogens (tertiary/aromatic N) is 2. The fraction of sp³-hybridized carbons (Fsp3) is 0.677. The Balaban J connectivity index is 1.46. The summed E-state index contributed by atoms with van der Waals surface area (Å²) in [6, 6.07) is 6.73. The molecule has 3 fully saturated rings. The number of aromatic nitrogens is 2. The van der Waals surface area contributed by atoms with Crippen LogP contribution >= 0.6 is 0 Å². The van der Waals surface area contributed by atoms with Gasteiger partial charge in [0.15, 0.2) is 0 Å². The first-order chi connectivity index (χ1) is 16.6. The second kappa shape index (κ2) is 7.46. The maximum Gasteiger partial charge on any atom is 0.312 e. The van der Waals surface area contributed by atoms with Crippen molar-refractivity contribution >= 4 is 5.97 Å². The number of esters is 1. The summed E-state index contributed by atoms with van der Waals surface area (Å²) in [6.07, 6.45) is 11.6. The van der Waals surface area contributed by atoms with Crippen LogP contribution in [0.3, 0.4) is 0 Å². The molecule has 1 aromatic heterocycles. The standard InChI is InChI=1S/C31H42N2O2/c1-7-35-27(34)30(6)14-8-13-29(5)24(30)12-16-31-19-28(4,15-11-25(29)31)26-22(31)18-32-33(26)23-17-20(2)9-10-21(23)3/h9-10,17-18,24-25H,7-8,11-16,19H2,1-6H3/t24-,25-,28-,29+,30+,31+/m0/s1. The molecule has 0 aliphatic heterocycles. The van der Waals surface area contributed by atoms with E-state index in [0.29, 0.717) is 18.4 Å². The minimum atomic E-state index is -0.352. The van der Waals surface area contributed by atoms with Gasteiger partial charge in [0, 0.05) is 16.4 Å². The van der Waals surface area contributed by atoms with E-state index >= 15 is 0 Å². The number of carbonyl (C=O) groups is 1. The first kappa shape index (κ1) is 23.3. The van der Waals surface area contributed by atoms with E-state index in [1.165, 1.54) is 60.2 Å². The number of benzene rings is 1. The monoisotopic (exact) mass is 474 g/mol. The number of carbonyl (C=O) groups excluding carboxylic acids is 1. The quantitative estimate of drug-likeness (QED) is 0.451. The normalized spacial score (nSPS) is 39.5. The van der Waals surface area contributed by atoms with Crippen LogP contribution in [-0.4, -0.2) is 22.4 Å². The van der Waals surface area contributed by atoms with Crippen LogP contribution < -0.4 is 0 Å². The van der Waals surface area contributed by atoms with E-state index in [4.69, 9.17) is 9.84 Å². The average Bonchev–Trinajstić information content (AvgIpc) is 3.33. The molecular formula is C31H42N2O2. The summed E-state index contributed by atoms with van der Waals surface area (Å²) < 4.78 is 7.97. The van der Waals surface area contributed by atoms with E-state index in [2.05, 4.69) is 63.7 Å². The summed E-state index contributed by atoms with van der Waals surface area (Å²) in [4.78, 5) is 13.3. The summed E-state index contributed by atoms with van der Waals surface area (Å²) in [7, 11) is 0. The van der Waals surface area contributed by atoms with Gasteiger partial charge in [0.05, 0.1) is 29.6 Å². The Labute approximate surface area is 210 Å². The zero-order chi connectivity index (χ0) is 24.8. The van der Waals surface area contributed by atoms with Gasteiger partial charge in [0.1, 0.15) is 0 Å². The van der Waals surface area contributed by atoms with Crippen molar-refractivity contribution in [1.29, 1.82) is 0 Å².